The van der Waals surface area contributed by atoms with Gasteiger partial charge in [0.15, 0.2) is 11.5 Å². The monoisotopic (exact) mass is 894 g/mol. The van der Waals surface area contributed by atoms with Crippen molar-refractivity contribution < 1.29 is 23.2 Å². The maximum absolute atomic E-state index is 15.9. The number of benzene rings is 2. The van der Waals surface area contributed by atoms with E-state index >= 15 is 8.78 Å². The molecule has 1 saturated carbocycles. The molecule has 64 heavy (non-hydrogen) atoms. The van der Waals surface area contributed by atoms with Crippen LogP contribution in [-0.2, 0) is 17.8 Å². The first kappa shape index (κ1) is 43.3. The maximum Gasteiger partial charge on any atom is 0.328 e. The van der Waals surface area contributed by atoms with Crippen LogP contribution in [0.2, 0.25) is 5.02 Å². The van der Waals surface area contributed by atoms with Gasteiger partial charge in [0.2, 0.25) is 5.91 Å². The molecule has 4 aliphatic heterocycles. The van der Waals surface area contributed by atoms with Crippen LogP contribution in [0.5, 0.6) is 0 Å². The Kier molecular flexibility index (Phi) is 12.1. The highest BCUT2D eigenvalue weighted by Crippen LogP contribution is 2.41. The van der Waals surface area contributed by atoms with E-state index in [4.69, 9.17) is 27.4 Å². The number of hydrogen-bond acceptors (Lipinski definition) is 11. The molecule has 10 rings (SSSR count). The van der Waals surface area contributed by atoms with E-state index in [-0.39, 0.29) is 37.2 Å². The molecule has 336 valence electrons. The molecule has 2 aromatic carbocycles. The number of halogens is 3. The number of piperidine rings is 2. The first-order valence-corrected chi connectivity index (χ1v) is 22.5. The standard InChI is InChI=1S/C43H47ClF2N12O3.C3H6/c1-48-33-21-38(52-58-36(40(47)60)23-50-41(33)58)56-18-12-30-29(4-3-5-34(30)56)32-9-6-26(22-49-32)24-54-15-13-37(43(45,46)25-54)55-16-10-27(11-17-55)53(2)28-7-8-31(44)35(20-28)57-19-14-39(59)51-42(57)61;1-2-3-1/h3-9,20-23,27,37,48H,10-19,24-25H2,1-2H3,(H2,47,60)(H,51,59,61);1-3H2. The van der Waals surface area contributed by atoms with Crippen molar-refractivity contribution in [3.8, 4) is 11.3 Å². The number of aromatic nitrogens is 4. The number of pyridine rings is 1. The molecule has 1 aliphatic carbocycles. The minimum absolute atomic E-state index is 0.126. The van der Waals surface area contributed by atoms with Crippen LogP contribution in [0.3, 0.4) is 0 Å². The number of fused-ring (bicyclic) bond motifs is 2. The summed E-state index contributed by atoms with van der Waals surface area (Å²) in [5, 5.41) is 10.6. The third kappa shape index (κ3) is 8.80. The van der Waals surface area contributed by atoms with Crippen molar-refractivity contribution in [3.05, 3.63) is 88.8 Å². The molecule has 0 radical (unpaired) electrons. The summed E-state index contributed by atoms with van der Waals surface area (Å²) in [4.78, 5) is 54.9. The van der Waals surface area contributed by atoms with Gasteiger partial charge in [0.1, 0.15) is 5.69 Å². The summed E-state index contributed by atoms with van der Waals surface area (Å²) < 4.78 is 33.4. The van der Waals surface area contributed by atoms with E-state index in [1.807, 2.05) is 65.4 Å². The summed E-state index contributed by atoms with van der Waals surface area (Å²) in [7, 11) is 3.77. The second-order valence-corrected chi connectivity index (χ2v) is 17.7. The van der Waals surface area contributed by atoms with Gasteiger partial charge in [-0.15, -0.1) is 5.10 Å². The molecule has 5 aliphatic rings. The molecule has 1 atom stereocenters. The number of imide groups is 1. The minimum atomic E-state index is -2.88. The predicted octanol–water partition coefficient (Wildman–Crippen LogP) is 6.71. The van der Waals surface area contributed by atoms with Crippen molar-refractivity contribution in [2.45, 2.75) is 75.9 Å². The fourth-order valence-corrected chi connectivity index (χ4v) is 9.61. The number of primary amides is 1. The Morgan fingerprint density at radius 1 is 0.938 bits per heavy atom. The zero-order valence-electron chi connectivity index (χ0n) is 36.1. The van der Waals surface area contributed by atoms with Crippen molar-refractivity contribution in [3.63, 3.8) is 0 Å². The van der Waals surface area contributed by atoms with Crippen LogP contribution in [0.4, 0.5) is 42.1 Å². The van der Waals surface area contributed by atoms with Crippen molar-refractivity contribution in [2.24, 2.45) is 5.73 Å². The number of likely N-dealkylation sites (tertiary alicyclic amines) is 2. The fraction of sp³-hybridized carbons (Fsp3) is 0.435. The van der Waals surface area contributed by atoms with Crippen LogP contribution in [0.1, 0.15) is 66.6 Å². The van der Waals surface area contributed by atoms with Crippen molar-refractivity contribution in [1.29, 1.82) is 0 Å². The number of hydrogen-bond donors (Lipinski definition) is 3. The van der Waals surface area contributed by atoms with Gasteiger partial charge in [0.05, 0.1) is 40.9 Å². The first-order chi connectivity index (χ1) is 30.9. The molecule has 3 saturated heterocycles. The fourth-order valence-electron chi connectivity index (χ4n) is 9.39. The Bertz CT molecular complexity index is 2560. The van der Waals surface area contributed by atoms with Crippen molar-refractivity contribution in [1.82, 2.24) is 34.7 Å². The lowest BCUT2D eigenvalue weighted by molar-refractivity contribution is -0.132. The molecule has 0 bridgehead atoms. The maximum atomic E-state index is 15.9. The van der Waals surface area contributed by atoms with Gasteiger partial charge in [0.25, 0.3) is 11.8 Å². The van der Waals surface area contributed by atoms with Crippen LogP contribution < -0.4 is 31.1 Å². The van der Waals surface area contributed by atoms with Gasteiger partial charge in [-0.25, -0.2) is 23.1 Å². The smallest absolute Gasteiger partial charge is 0.328 e. The van der Waals surface area contributed by atoms with Crippen LogP contribution in [0.25, 0.3) is 16.9 Å². The van der Waals surface area contributed by atoms with Crippen LogP contribution in [0, 0.1) is 0 Å². The molecule has 0 spiro atoms. The van der Waals surface area contributed by atoms with Gasteiger partial charge in [0, 0.05) is 95.0 Å². The lowest BCUT2D eigenvalue weighted by Crippen LogP contribution is -2.60. The number of urea groups is 1. The highest BCUT2D eigenvalue weighted by molar-refractivity contribution is 6.34. The van der Waals surface area contributed by atoms with Gasteiger partial charge < -0.3 is 20.9 Å². The normalized spacial score (nSPS) is 20.1. The second kappa shape index (κ2) is 17.9. The second-order valence-electron chi connectivity index (χ2n) is 17.3. The summed E-state index contributed by atoms with van der Waals surface area (Å²) in [5.41, 5.74) is 13.2. The number of carbonyl (C=O) groups is 3. The number of anilines is 5. The zero-order valence-corrected chi connectivity index (χ0v) is 36.8. The van der Waals surface area contributed by atoms with E-state index in [2.05, 4.69) is 25.4 Å². The van der Waals surface area contributed by atoms with Gasteiger partial charge in [-0.05, 0) is 67.1 Å². The predicted molar refractivity (Wildman–Crippen MR) is 244 cm³/mol. The van der Waals surface area contributed by atoms with Crippen LogP contribution in [0.15, 0.2) is 67.0 Å². The average Bonchev–Trinajstić information content (AvgIpc) is 4.01. The number of nitrogens with zero attached hydrogens (tertiary/aromatic N) is 9. The molecule has 7 heterocycles. The molecule has 5 aromatic rings. The van der Waals surface area contributed by atoms with Crippen LogP contribution >= 0.6 is 11.6 Å². The highest BCUT2D eigenvalue weighted by atomic mass is 35.5. The number of alkyl halides is 2. The summed E-state index contributed by atoms with van der Waals surface area (Å²) in [6.45, 7) is 2.65. The van der Waals surface area contributed by atoms with Gasteiger partial charge in [-0.2, -0.15) is 0 Å². The molecule has 4 amide bonds. The van der Waals surface area contributed by atoms with Crippen molar-refractivity contribution in [2.75, 3.05) is 73.4 Å². The number of rotatable bonds is 10. The third-order valence-electron chi connectivity index (χ3n) is 13.0. The molecule has 4 N–H and O–H groups in total. The Labute approximate surface area is 375 Å². The van der Waals surface area contributed by atoms with E-state index in [1.165, 1.54) is 34.9 Å². The summed E-state index contributed by atoms with van der Waals surface area (Å²) >= 11 is 6.48. The molecule has 15 nitrogen and oxygen atoms in total. The van der Waals surface area contributed by atoms with E-state index in [1.54, 1.807) is 19.3 Å². The largest absolute Gasteiger partial charge is 0.385 e. The molecule has 18 heteroatoms. The topological polar surface area (TPSA) is 161 Å². The Balaban J connectivity index is 0.00000166. The SMILES string of the molecule is C1CC1.CNc1cc(N2CCc3c(-c4ccc(CN5CCC(N6CCC(N(C)c7ccc(Cl)c(N8CCC(=O)NC8=O)c7)CC6)C(F)(F)C5)cn4)cccc32)nn2c(C(N)=O)cnc12. The van der Waals surface area contributed by atoms with E-state index in [9.17, 15) is 14.4 Å². The zero-order chi connectivity index (χ0) is 44.7. The van der Waals surface area contributed by atoms with Gasteiger partial charge in [-0.1, -0.05) is 49.1 Å². The van der Waals surface area contributed by atoms with E-state index < -0.39 is 23.9 Å². The van der Waals surface area contributed by atoms with E-state index in [0.717, 1.165) is 53.0 Å². The van der Waals surface area contributed by atoms with E-state index in [0.29, 0.717) is 67.0 Å². The summed E-state index contributed by atoms with van der Waals surface area (Å²) in [6.07, 6.45) is 10.5. The summed E-state index contributed by atoms with van der Waals surface area (Å²) in [5.74, 6) is -3.17. The Morgan fingerprint density at radius 2 is 1.72 bits per heavy atom. The Morgan fingerprint density at radius 3 is 2.41 bits per heavy atom. The number of carbonyl (C=O) groups excluding carboxylic acids is 3. The minimum Gasteiger partial charge on any atom is -0.385 e. The number of amides is 4. The van der Waals surface area contributed by atoms with Gasteiger partial charge in [-0.3, -0.25) is 34.6 Å². The molecule has 1 unspecified atom stereocenters. The number of nitrogens with one attached hydrogen (secondary N) is 2. The highest BCUT2D eigenvalue weighted by Gasteiger charge is 2.48. The first-order valence-electron chi connectivity index (χ1n) is 22.1. The lowest BCUT2D eigenvalue weighted by atomic mass is 9.94. The third-order valence-corrected chi connectivity index (χ3v) is 13.3. The Hall–Kier alpha value is -5.91. The summed E-state index contributed by atoms with van der Waals surface area (Å²) in [6, 6.07) is 16.2. The quantitative estimate of drug-likeness (QED) is 0.137. The van der Waals surface area contributed by atoms with Crippen LogP contribution in [-0.4, -0.2) is 119 Å². The molecular weight excluding hydrogens is 842 g/mol. The average molecular weight is 895 g/mol. The molecule has 3 aromatic heterocycles. The van der Waals surface area contributed by atoms with Crippen molar-refractivity contribution >= 4 is 63.7 Å². The van der Waals surface area contributed by atoms with Gasteiger partial charge >= 0.3 is 6.03 Å². The number of nitrogens with two attached hydrogens (primary N) is 1. The molecule has 4 fully saturated rings. The lowest BCUT2D eigenvalue weighted by Gasteiger charge is -2.47. The molecular formula is C46H53ClF2N12O3. The number of imidazole rings is 1.